The highest BCUT2D eigenvalue weighted by atomic mass is 35.5. The van der Waals surface area contributed by atoms with Gasteiger partial charge in [-0.05, 0) is 19.1 Å². The minimum Gasteiger partial charge on any atom is -0.340 e. The first-order chi connectivity index (χ1) is 9.16. The van der Waals surface area contributed by atoms with E-state index in [-0.39, 0.29) is 18.3 Å². The Bertz CT molecular complexity index is 445. The van der Waals surface area contributed by atoms with Crippen molar-refractivity contribution in [3.8, 4) is 0 Å². The fourth-order valence-corrected chi connectivity index (χ4v) is 3.30. The SMILES string of the molecule is CC1CN(C(=O)CCSc2ccccc2Cl)CCN1.Cl. The van der Waals surface area contributed by atoms with Crippen LogP contribution in [0.2, 0.25) is 5.02 Å². The van der Waals surface area contributed by atoms with Crippen LogP contribution >= 0.6 is 35.8 Å². The second-order valence-corrected chi connectivity index (χ2v) is 6.27. The number of hydrogen-bond donors (Lipinski definition) is 1. The van der Waals surface area contributed by atoms with Crippen molar-refractivity contribution in [3.05, 3.63) is 29.3 Å². The van der Waals surface area contributed by atoms with Crippen molar-refractivity contribution in [3.63, 3.8) is 0 Å². The Morgan fingerprint density at radius 3 is 2.95 bits per heavy atom. The summed E-state index contributed by atoms with van der Waals surface area (Å²) in [5.41, 5.74) is 0. The summed E-state index contributed by atoms with van der Waals surface area (Å²) in [5.74, 6) is 1.02. The molecule has 6 heteroatoms. The Labute approximate surface area is 135 Å². The molecule has 3 nitrogen and oxygen atoms in total. The van der Waals surface area contributed by atoms with Crippen LogP contribution in [0.3, 0.4) is 0 Å². The zero-order valence-electron chi connectivity index (χ0n) is 11.5. The predicted molar refractivity (Wildman–Crippen MR) is 88.1 cm³/mol. The Morgan fingerprint density at radius 2 is 2.25 bits per heavy atom. The lowest BCUT2D eigenvalue weighted by molar-refractivity contribution is -0.131. The molecule has 1 aromatic carbocycles. The van der Waals surface area contributed by atoms with Gasteiger partial charge in [0.25, 0.3) is 0 Å². The number of piperazine rings is 1. The normalized spacial score (nSPS) is 18.5. The monoisotopic (exact) mass is 334 g/mol. The third-order valence-electron chi connectivity index (χ3n) is 3.13. The molecular formula is C14H20Cl2N2OS. The minimum atomic E-state index is 0. The third kappa shape index (κ3) is 5.17. The summed E-state index contributed by atoms with van der Waals surface area (Å²) in [5, 5.41) is 4.10. The summed E-state index contributed by atoms with van der Waals surface area (Å²) in [7, 11) is 0. The van der Waals surface area contributed by atoms with E-state index in [1.54, 1.807) is 11.8 Å². The Hall–Kier alpha value is -0.420. The number of nitrogens with zero attached hydrogens (tertiary/aromatic N) is 1. The lowest BCUT2D eigenvalue weighted by Crippen LogP contribution is -2.51. The molecule has 1 atom stereocenters. The first-order valence-electron chi connectivity index (χ1n) is 6.55. The Balaban J connectivity index is 0.00000200. The highest BCUT2D eigenvalue weighted by Crippen LogP contribution is 2.27. The fourth-order valence-electron chi connectivity index (χ4n) is 2.13. The van der Waals surface area contributed by atoms with Crippen molar-refractivity contribution >= 4 is 41.7 Å². The molecule has 0 bridgehead atoms. The number of amides is 1. The van der Waals surface area contributed by atoms with Gasteiger partial charge in [-0.3, -0.25) is 4.79 Å². The van der Waals surface area contributed by atoms with Crippen LogP contribution in [0.1, 0.15) is 13.3 Å². The van der Waals surface area contributed by atoms with E-state index in [0.717, 1.165) is 35.3 Å². The van der Waals surface area contributed by atoms with E-state index in [1.165, 1.54) is 0 Å². The smallest absolute Gasteiger partial charge is 0.223 e. The van der Waals surface area contributed by atoms with E-state index in [4.69, 9.17) is 11.6 Å². The Morgan fingerprint density at radius 1 is 1.50 bits per heavy atom. The summed E-state index contributed by atoms with van der Waals surface area (Å²) in [6.07, 6.45) is 0.572. The maximum absolute atomic E-state index is 12.1. The predicted octanol–water partition coefficient (Wildman–Crippen LogP) is 3.06. The van der Waals surface area contributed by atoms with E-state index in [9.17, 15) is 4.79 Å². The molecule has 0 aromatic heterocycles. The second kappa shape index (κ2) is 8.78. The average Bonchev–Trinajstić information content (AvgIpc) is 2.41. The molecule has 0 radical (unpaired) electrons. The number of thioether (sulfide) groups is 1. The van der Waals surface area contributed by atoms with E-state index in [1.807, 2.05) is 29.2 Å². The molecule has 112 valence electrons. The van der Waals surface area contributed by atoms with Gasteiger partial charge in [0.15, 0.2) is 0 Å². The van der Waals surface area contributed by atoms with Gasteiger partial charge < -0.3 is 10.2 Å². The number of hydrogen-bond acceptors (Lipinski definition) is 3. The van der Waals surface area contributed by atoms with Gasteiger partial charge in [-0.15, -0.1) is 24.2 Å². The third-order valence-corrected chi connectivity index (χ3v) is 4.65. The van der Waals surface area contributed by atoms with E-state index >= 15 is 0 Å². The standard InChI is InChI=1S/C14H19ClN2OS.ClH/c1-11-10-17(8-7-16-11)14(18)6-9-19-13-5-3-2-4-12(13)15;/h2-5,11,16H,6-10H2,1H3;1H. The molecule has 1 amide bonds. The van der Waals surface area contributed by atoms with E-state index < -0.39 is 0 Å². The van der Waals surface area contributed by atoms with Crippen LogP contribution in [-0.2, 0) is 4.79 Å². The van der Waals surface area contributed by atoms with Crippen LogP contribution in [0.4, 0.5) is 0 Å². The lowest BCUT2D eigenvalue weighted by atomic mass is 10.2. The van der Waals surface area contributed by atoms with Crippen LogP contribution in [0.15, 0.2) is 29.2 Å². The number of benzene rings is 1. The van der Waals surface area contributed by atoms with Crippen LogP contribution < -0.4 is 5.32 Å². The molecule has 1 N–H and O–H groups in total. The molecule has 1 heterocycles. The van der Waals surface area contributed by atoms with Crippen molar-refractivity contribution in [2.24, 2.45) is 0 Å². The fraction of sp³-hybridized carbons (Fsp3) is 0.500. The number of carbonyl (C=O) groups excluding carboxylic acids is 1. The van der Waals surface area contributed by atoms with Crippen molar-refractivity contribution in [2.75, 3.05) is 25.4 Å². The van der Waals surface area contributed by atoms with Crippen LogP contribution in [0.25, 0.3) is 0 Å². The number of carbonyl (C=O) groups is 1. The van der Waals surface area contributed by atoms with Gasteiger partial charge in [0, 0.05) is 42.7 Å². The summed E-state index contributed by atoms with van der Waals surface area (Å²) >= 11 is 7.73. The van der Waals surface area contributed by atoms with Gasteiger partial charge in [0.05, 0.1) is 5.02 Å². The second-order valence-electron chi connectivity index (χ2n) is 4.72. The van der Waals surface area contributed by atoms with Crippen molar-refractivity contribution in [1.82, 2.24) is 10.2 Å². The molecule has 0 spiro atoms. The zero-order valence-corrected chi connectivity index (χ0v) is 13.9. The van der Waals surface area contributed by atoms with Crippen molar-refractivity contribution < 1.29 is 4.79 Å². The molecule has 1 fully saturated rings. The first-order valence-corrected chi connectivity index (χ1v) is 7.91. The quantitative estimate of drug-likeness (QED) is 0.859. The van der Waals surface area contributed by atoms with E-state index in [0.29, 0.717) is 12.5 Å². The number of rotatable bonds is 4. The topological polar surface area (TPSA) is 32.3 Å². The molecule has 1 aromatic rings. The van der Waals surface area contributed by atoms with E-state index in [2.05, 4.69) is 12.2 Å². The molecule has 1 aliphatic rings. The molecule has 0 saturated carbocycles. The minimum absolute atomic E-state index is 0. The molecule has 0 aliphatic carbocycles. The summed E-state index contributed by atoms with van der Waals surface area (Å²) < 4.78 is 0. The average molecular weight is 335 g/mol. The molecule has 1 aliphatic heterocycles. The summed E-state index contributed by atoms with van der Waals surface area (Å²) in [6, 6.07) is 8.15. The molecule has 20 heavy (non-hydrogen) atoms. The van der Waals surface area contributed by atoms with Gasteiger partial charge in [-0.25, -0.2) is 0 Å². The van der Waals surface area contributed by atoms with Crippen molar-refractivity contribution in [1.29, 1.82) is 0 Å². The van der Waals surface area contributed by atoms with Gasteiger partial charge in [-0.1, -0.05) is 23.7 Å². The summed E-state index contributed by atoms with van der Waals surface area (Å²) in [4.78, 5) is 15.1. The molecular weight excluding hydrogens is 315 g/mol. The van der Waals surface area contributed by atoms with Crippen LogP contribution in [-0.4, -0.2) is 42.2 Å². The Kier molecular flexibility index (Phi) is 7.74. The van der Waals surface area contributed by atoms with Crippen LogP contribution in [0, 0.1) is 0 Å². The van der Waals surface area contributed by atoms with Gasteiger partial charge in [0.1, 0.15) is 0 Å². The molecule has 1 unspecified atom stereocenters. The highest BCUT2D eigenvalue weighted by molar-refractivity contribution is 7.99. The van der Waals surface area contributed by atoms with Gasteiger partial charge in [-0.2, -0.15) is 0 Å². The highest BCUT2D eigenvalue weighted by Gasteiger charge is 2.19. The number of nitrogens with one attached hydrogen (secondary N) is 1. The van der Waals surface area contributed by atoms with Crippen molar-refractivity contribution in [2.45, 2.75) is 24.3 Å². The largest absolute Gasteiger partial charge is 0.340 e. The lowest BCUT2D eigenvalue weighted by Gasteiger charge is -2.32. The van der Waals surface area contributed by atoms with Crippen LogP contribution in [0.5, 0.6) is 0 Å². The number of halogens is 2. The maximum atomic E-state index is 12.1. The van der Waals surface area contributed by atoms with Gasteiger partial charge >= 0.3 is 0 Å². The molecule has 2 rings (SSSR count). The molecule has 1 saturated heterocycles. The summed E-state index contributed by atoms with van der Waals surface area (Å²) in [6.45, 7) is 4.64. The van der Waals surface area contributed by atoms with Gasteiger partial charge in [0.2, 0.25) is 5.91 Å². The maximum Gasteiger partial charge on any atom is 0.223 e. The zero-order chi connectivity index (χ0) is 13.7. The first kappa shape index (κ1) is 17.6.